The van der Waals surface area contributed by atoms with Crippen molar-refractivity contribution in [3.63, 3.8) is 0 Å². The van der Waals surface area contributed by atoms with E-state index in [2.05, 4.69) is 25.8 Å². The normalized spacial score (nSPS) is 12.9. The number of nitrogens with one attached hydrogen (secondary N) is 2. The van der Waals surface area contributed by atoms with Crippen LogP contribution in [0.25, 0.3) is 11.4 Å². The molecule has 2 N–H and O–H groups in total. The largest absolute Gasteiger partial charge is 0.349 e. The molecule has 0 aliphatic rings. The summed E-state index contributed by atoms with van der Waals surface area (Å²) in [6.45, 7) is 5.35. The number of carbonyl (C=O) groups excluding carboxylic acids is 2. The van der Waals surface area contributed by atoms with Gasteiger partial charge >= 0.3 is 0 Å². The van der Waals surface area contributed by atoms with Crippen LogP contribution < -0.4 is 10.6 Å². The van der Waals surface area contributed by atoms with Crippen LogP contribution in [0.5, 0.6) is 0 Å². The number of rotatable bonds is 8. The number of amides is 2. The van der Waals surface area contributed by atoms with Crippen LogP contribution in [0.4, 0.5) is 0 Å². The molecule has 0 bridgehead atoms. The predicted octanol–water partition coefficient (Wildman–Crippen LogP) is 3.21. The third-order valence-corrected chi connectivity index (χ3v) is 4.58. The van der Waals surface area contributed by atoms with Crippen molar-refractivity contribution < 1.29 is 14.1 Å². The summed E-state index contributed by atoms with van der Waals surface area (Å²) in [4.78, 5) is 32.9. The molecular weight excluding hydrogens is 382 g/mol. The minimum absolute atomic E-state index is 0.0205. The second-order valence-corrected chi connectivity index (χ2v) is 7.36. The van der Waals surface area contributed by atoms with Gasteiger partial charge in [-0.25, -0.2) is 0 Å². The van der Waals surface area contributed by atoms with Gasteiger partial charge in [-0.15, -0.1) is 0 Å². The van der Waals surface area contributed by atoms with E-state index in [1.165, 1.54) is 6.92 Å². The first kappa shape index (κ1) is 21.2. The van der Waals surface area contributed by atoms with Crippen LogP contribution in [0.2, 0.25) is 0 Å². The fourth-order valence-electron chi connectivity index (χ4n) is 3.09. The zero-order chi connectivity index (χ0) is 21.5. The maximum Gasteiger partial charge on any atom is 0.249 e. The summed E-state index contributed by atoms with van der Waals surface area (Å²) in [5.74, 6) is 0.339. The highest BCUT2D eigenvalue weighted by Gasteiger charge is 2.26. The summed E-state index contributed by atoms with van der Waals surface area (Å²) < 4.78 is 5.42. The van der Waals surface area contributed by atoms with E-state index in [1.54, 1.807) is 18.5 Å². The second kappa shape index (κ2) is 9.78. The summed E-state index contributed by atoms with van der Waals surface area (Å²) in [7, 11) is 0. The lowest BCUT2D eigenvalue weighted by atomic mass is 10.0. The van der Waals surface area contributed by atoms with Crippen LogP contribution in [0.1, 0.15) is 50.7 Å². The van der Waals surface area contributed by atoms with Gasteiger partial charge in [0.1, 0.15) is 6.04 Å². The van der Waals surface area contributed by atoms with Crippen molar-refractivity contribution in [1.82, 2.24) is 25.8 Å². The molecular formula is C22H25N5O3. The summed E-state index contributed by atoms with van der Waals surface area (Å²) in [5, 5.41) is 9.82. The molecule has 2 aromatic heterocycles. The van der Waals surface area contributed by atoms with E-state index in [0.29, 0.717) is 11.7 Å². The lowest BCUT2D eigenvalue weighted by molar-refractivity contribution is -0.123. The molecule has 2 atom stereocenters. The molecule has 1 aromatic carbocycles. The summed E-state index contributed by atoms with van der Waals surface area (Å²) >= 11 is 0. The lowest BCUT2D eigenvalue weighted by Gasteiger charge is -2.22. The van der Waals surface area contributed by atoms with Gasteiger partial charge in [0.15, 0.2) is 0 Å². The van der Waals surface area contributed by atoms with E-state index < -0.39 is 12.1 Å². The van der Waals surface area contributed by atoms with Crippen LogP contribution in [0.15, 0.2) is 59.4 Å². The molecule has 0 aliphatic heterocycles. The van der Waals surface area contributed by atoms with E-state index in [9.17, 15) is 9.59 Å². The van der Waals surface area contributed by atoms with Gasteiger partial charge in [0.25, 0.3) is 0 Å². The first-order valence-electron chi connectivity index (χ1n) is 9.79. The average molecular weight is 407 g/mol. The third kappa shape index (κ3) is 5.50. The van der Waals surface area contributed by atoms with Crippen molar-refractivity contribution in [2.45, 2.75) is 39.3 Å². The highest BCUT2D eigenvalue weighted by Crippen LogP contribution is 2.24. The van der Waals surface area contributed by atoms with Gasteiger partial charge in [-0.2, -0.15) is 4.98 Å². The second-order valence-electron chi connectivity index (χ2n) is 7.36. The average Bonchev–Trinajstić information content (AvgIpc) is 3.22. The standard InChI is InChI=1S/C22H25N5O3/c1-14(2)20(22-26-21(27-30-22)17-10-7-11-23-13-17)25-19(29)12-18(24-15(3)28)16-8-5-4-6-9-16/h4-11,13-14,18,20H,12H2,1-3H3,(H,24,28)(H,25,29). The topological polar surface area (TPSA) is 110 Å². The minimum Gasteiger partial charge on any atom is -0.349 e. The number of nitrogens with zero attached hydrogens (tertiary/aromatic N) is 3. The highest BCUT2D eigenvalue weighted by molar-refractivity contribution is 5.79. The van der Waals surface area contributed by atoms with Crippen molar-refractivity contribution in [2.75, 3.05) is 0 Å². The number of pyridine rings is 1. The van der Waals surface area contributed by atoms with Gasteiger partial charge in [0, 0.05) is 24.9 Å². The quantitative estimate of drug-likeness (QED) is 0.593. The zero-order valence-electron chi connectivity index (χ0n) is 17.2. The fourth-order valence-corrected chi connectivity index (χ4v) is 3.09. The molecule has 3 aromatic rings. The molecule has 3 rings (SSSR count). The van der Waals surface area contributed by atoms with E-state index in [1.807, 2.05) is 50.2 Å². The Bertz CT molecular complexity index is 973. The van der Waals surface area contributed by atoms with Crippen molar-refractivity contribution in [3.05, 3.63) is 66.3 Å². The maximum absolute atomic E-state index is 12.8. The fraction of sp³-hybridized carbons (Fsp3) is 0.318. The van der Waals surface area contributed by atoms with Gasteiger partial charge in [-0.1, -0.05) is 49.3 Å². The molecule has 2 unspecified atom stereocenters. The SMILES string of the molecule is CC(=O)NC(CC(=O)NC(c1nc(-c2cccnc2)no1)C(C)C)c1ccccc1. The Kier molecular flexibility index (Phi) is 6.90. The molecule has 0 radical (unpaired) electrons. The summed E-state index contributed by atoms with van der Waals surface area (Å²) in [6.07, 6.45) is 3.41. The van der Waals surface area contributed by atoms with Gasteiger partial charge in [-0.3, -0.25) is 14.6 Å². The molecule has 30 heavy (non-hydrogen) atoms. The van der Waals surface area contributed by atoms with Crippen LogP contribution >= 0.6 is 0 Å². The molecule has 0 saturated heterocycles. The maximum atomic E-state index is 12.8. The van der Waals surface area contributed by atoms with E-state index in [4.69, 9.17) is 4.52 Å². The minimum atomic E-state index is -0.454. The van der Waals surface area contributed by atoms with Gasteiger partial charge in [0.05, 0.1) is 12.5 Å². The number of carbonyl (C=O) groups is 2. The molecule has 8 nitrogen and oxygen atoms in total. The summed E-state index contributed by atoms with van der Waals surface area (Å²) in [6, 6.07) is 12.1. The monoisotopic (exact) mass is 407 g/mol. The Morgan fingerprint density at radius 3 is 2.47 bits per heavy atom. The van der Waals surface area contributed by atoms with Gasteiger partial charge in [0.2, 0.25) is 23.5 Å². The Morgan fingerprint density at radius 2 is 1.83 bits per heavy atom. The Balaban J connectivity index is 1.74. The van der Waals surface area contributed by atoms with Crippen molar-refractivity contribution in [3.8, 4) is 11.4 Å². The molecule has 0 saturated carbocycles. The molecule has 156 valence electrons. The molecule has 8 heteroatoms. The first-order chi connectivity index (χ1) is 14.4. The van der Waals surface area contributed by atoms with Crippen LogP contribution in [-0.2, 0) is 9.59 Å². The molecule has 0 spiro atoms. The van der Waals surface area contributed by atoms with Gasteiger partial charge in [-0.05, 0) is 23.6 Å². The number of aromatic nitrogens is 3. The Hall–Kier alpha value is -3.55. The van der Waals surface area contributed by atoms with Gasteiger partial charge < -0.3 is 15.2 Å². The van der Waals surface area contributed by atoms with Crippen LogP contribution in [0, 0.1) is 5.92 Å². The first-order valence-corrected chi connectivity index (χ1v) is 9.79. The van der Waals surface area contributed by atoms with E-state index >= 15 is 0 Å². The number of hydrogen-bond donors (Lipinski definition) is 2. The Labute approximate surface area is 175 Å². The molecule has 2 heterocycles. The van der Waals surface area contributed by atoms with Crippen LogP contribution in [0.3, 0.4) is 0 Å². The third-order valence-electron chi connectivity index (χ3n) is 4.58. The van der Waals surface area contributed by atoms with E-state index in [0.717, 1.165) is 11.1 Å². The number of benzene rings is 1. The highest BCUT2D eigenvalue weighted by atomic mass is 16.5. The smallest absolute Gasteiger partial charge is 0.249 e. The lowest BCUT2D eigenvalue weighted by Crippen LogP contribution is -2.36. The molecule has 2 amide bonds. The summed E-state index contributed by atoms with van der Waals surface area (Å²) in [5.41, 5.74) is 1.59. The number of hydrogen-bond acceptors (Lipinski definition) is 6. The van der Waals surface area contributed by atoms with E-state index in [-0.39, 0.29) is 24.2 Å². The van der Waals surface area contributed by atoms with Crippen molar-refractivity contribution in [2.24, 2.45) is 5.92 Å². The predicted molar refractivity (Wildman–Crippen MR) is 111 cm³/mol. The van der Waals surface area contributed by atoms with Crippen molar-refractivity contribution in [1.29, 1.82) is 0 Å². The molecule has 0 aliphatic carbocycles. The molecule has 0 fully saturated rings. The van der Waals surface area contributed by atoms with Crippen LogP contribution in [-0.4, -0.2) is 26.9 Å². The zero-order valence-corrected chi connectivity index (χ0v) is 17.2. The van der Waals surface area contributed by atoms with Crippen molar-refractivity contribution >= 4 is 11.8 Å². The Morgan fingerprint density at radius 1 is 1.07 bits per heavy atom.